The lowest BCUT2D eigenvalue weighted by Gasteiger charge is -2.33. The standard InChI is InChI=1S/C15H19N3O2/c1-11(18-9-5-8-13(19)10-18)14-16-17-15(20-14)12-6-3-2-4-7-12/h2-4,6-7,11,13,19H,5,8-10H2,1H3. The van der Waals surface area contributed by atoms with Gasteiger partial charge in [-0.25, -0.2) is 0 Å². The molecule has 106 valence electrons. The van der Waals surface area contributed by atoms with Gasteiger partial charge >= 0.3 is 0 Å². The Hall–Kier alpha value is -1.72. The van der Waals surface area contributed by atoms with Gasteiger partial charge in [0.25, 0.3) is 0 Å². The number of likely N-dealkylation sites (tertiary alicyclic amines) is 1. The highest BCUT2D eigenvalue weighted by Crippen LogP contribution is 2.26. The molecule has 2 atom stereocenters. The molecule has 1 aliphatic rings. The molecule has 0 bridgehead atoms. The Kier molecular flexibility index (Phi) is 3.80. The maximum absolute atomic E-state index is 9.75. The normalized spacial score (nSPS) is 21.8. The predicted octanol–water partition coefficient (Wildman–Crippen LogP) is 2.25. The maximum Gasteiger partial charge on any atom is 0.247 e. The number of benzene rings is 1. The average Bonchev–Trinajstić information content (AvgIpc) is 2.97. The molecule has 2 heterocycles. The van der Waals surface area contributed by atoms with Crippen molar-refractivity contribution in [3.05, 3.63) is 36.2 Å². The molecule has 0 radical (unpaired) electrons. The summed E-state index contributed by atoms with van der Waals surface area (Å²) in [6.07, 6.45) is 1.63. The summed E-state index contributed by atoms with van der Waals surface area (Å²) in [7, 11) is 0. The Labute approximate surface area is 118 Å². The van der Waals surface area contributed by atoms with Gasteiger partial charge in [-0.1, -0.05) is 18.2 Å². The molecule has 0 spiro atoms. The summed E-state index contributed by atoms with van der Waals surface area (Å²) >= 11 is 0. The van der Waals surface area contributed by atoms with E-state index in [1.165, 1.54) is 0 Å². The first kappa shape index (κ1) is 13.3. The molecule has 20 heavy (non-hydrogen) atoms. The zero-order valence-corrected chi connectivity index (χ0v) is 11.6. The van der Waals surface area contributed by atoms with Crippen LogP contribution < -0.4 is 0 Å². The minimum Gasteiger partial charge on any atom is -0.419 e. The number of aliphatic hydroxyl groups is 1. The predicted molar refractivity (Wildman–Crippen MR) is 75.0 cm³/mol. The Bertz CT molecular complexity index is 555. The number of aromatic nitrogens is 2. The zero-order valence-electron chi connectivity index (χ0n) is 11.6. The first-order valence-electron chi connectivity index (χ1n) is 7.05. The third kappa shape index (κ3) is 2.73. The first-order valence-corrected chi connectivity index (χ1v) is 7.05. The third-order valence-electron chi connectivity index (χ3n) is 3.79. The molecule has 0 saturated carbocycles. The van der Waals surface area contributed by atoms with Crippen molar-refractivity contribution in [2.24, 2.45) is 0 Å². The van der Waals surface area contributed by atoms with E-state index in [1.54, 1.807) is 0 Å². The van der Waals surface area contributed by atoms with Gasteiger partial charge in [-0.2, -0.15) is 0 Å². The summed E-state index contributed by atoms with van der Waals surface area (Å²) in [6.45, 7) is 3.67. The number of hydrogen-bond acceptors (Lipinski definition) is 5. The summed E-state index contributed by atoms with van der Waals surface area (Å²) in [6, 6.07) is 9.79. The minimum atomic E-state index is -0.247. The minimum absolute atomic E-state index is 0.0370. The van der Waals surface area contributed by atoms with Crippen LogP contribution in [0.1, 0.15) is 31.7 Å². The quantitative estimate of drug-likeness (QED) is 0.929. The molecule has 0 aliphatic carbocycles. The van der Waals surface area contributed by atoms with Crippen LogP contribution in [-0.2, 0) is 0 Å². The van der Waals surface area contributed by atoms with Crippen LogP contribution in [0.5, 0.6) is 0 Å². The highest BCUT2D eigenvalue weighted by molar-refractivity contribution is 5.51. The van der Waals surface area contributed by atoms with Crippen molar-refractivity contribution < 1.29 is 9.52 Å². The van der Waals surface area contributed by atoms with Gasteiger partial charge < -0.3 is 9.52 Å². The number of nitrogens with zero attached hydrogens (tertiary/aromatic N) is 3. The average molecular weight is 273 g/mol. The highest BCUT2D eigenvalue weighted by Gasteiger charge is 2.26. The van der Waals surface area contributed by atoms with Crippen LogP contribution in [0.3, 0.4) is 0 Å². The van der Waals surface area contributed by atoms with Gasteiger partial charge in [-0.15, -0.1) is 10.2 Å². The SMILES string of the molecule is CC(c1nnc(-c2ccccc2)o1)N1CCCC(O)C1. The van der Waals surface area contributed by atoms with E-state index < -0.39 is 0 Å². The van der Waals surface area contributed by atoms with Gasteiger partial charge in [0.2, 0.25) is 11.8 Å². The summed E-state index contributed by atoms with van der Waals surface area (Å²) < 4.78 is 5.77. The van der Waals surface area contributed by atoms with Crippen LogP contribution in [-0.4, -0.2) is 39.4 Å². The van der Waals surface area contributed by atoms with Crippen molar-refractivity contribution in [3.63, 3.8) is 0 Å². The molecular formula is C15H19N3O2. The van der Waals surface area contributed by atoms with Gasteiger partial charge in [-0.05, 0) is 38.4 Å². The van der Waals surface area contributed by atoms with Crippen molar-refractivity contribution in [2.75, 3.05) is 13.1 Å². The molecule has 1 aliphatic heterocycles. The van der Waals surface area contributed by atoms with E-state index in [9.17, 15) is 5.11 Å². The van der Waals surface area contributed by atoms with Crippen LogP contribution in [0.4, 0.5) is 0 Å². The fourth-order valence-corrected chi connectivity index (χ4v) is 2.59. The number of aliphatic hydroxyl groups excluding tert-OH is 1. The third-order valence-corrected chi connectivity index (χ3v) is 3.79. The fraction of sp³-hybridized carbons (Fsp3) is 0.467. The molecule has 1 saturated heterocycles. The van der Waals surface area contributed by atoms with Gasteiger partial charge in [-0.3, -0.25) is 4.90 Å². The largest absolute Gasteiger partial charge is 0.419 e. The Morgan fingerprint density at radius 1 is 1.30 bits per heavy atom. The lowest BCUT2D eigenvalue weighted by atomic mass is 10.1. The molecule has 2 aromatic rings. The van der Waals surface area contributed by atoms with Gasteiger partial charge in [0, 0.05) is 12.1 Å². The van der Waals surface area contributed by atoms with E-state index in [-0.39, 0.29) is 12.1 Å². The van der Waals surface area contributed by atoms with Crippen LogP contribution >= 0.6 is 0 Å². The number of piperidine rings is 1. The van der Waals surface area contributed by atoms with E-state index in [4.69, 9.17) is 4.42 Å². The number of hydrogen-bond donors (Lipinski definition) is 1. The topological polar surface area (TPSA) is 62.4 Å². The zero-order chi connectivity index (χ0) is 13.9. The van der Waals surface area contributed by atoms with Crippen LogP contribution in [0, 0.1) is 0 Å². The smallest absolute Gasteiger partial charge is 0.247 e. The molecule has 1 aromatic carbocycles. The molecular weight excluding hydrogens is 254 g/mol. The van der Waals surface area contributed by atoms with E-state index >= 15 is 0 Å². The second-order valence-corrected chi connectivity index (χ2v) is 5.28. The molecule has 5 nitrogen and oxygen atoms in total. The molecule has 1 N–H and O–H groups in total. The van der Waals surface area contributed by atoms with Crippen LogP contribution in [0.25, 0.3) is 11.5 Å². The number of β-amino-alcohol motifs (C(OH)–C–C–N with tert-alkyl or cyclic N) is 1. The summed E-state index contributed by atoms with van der Waals surface area (Å²) in [5.74, 6) is 1.16. The monoisotopic (exact) mass is 273 g/mol. The first-order chi connectivity index (χ1) is 9.74. The molecule has 2 unspecified atom stereocenters. The highest BCUT2D eigenvalue weighted by atomic mass is 16.4. The fourth-order valence-electron chi connectivity index (χ4n) is 2.59. The molecule has 3 rings (SSSR count). The number of rotatable bonds is 3. The Morgan fingerprint density at radius 3 is 2.85 bits per heavy atom. The van der Waals surface area contributed by atoms with Gasteiger partial charge in [0.1, 0.15) is 0 Å². The summed E-state index contributed by atoms with van der Waals surface area (Å²) in [4.78, 5) is 2.19. The maximum atomic E-state index is 9.75. The molecule has 0 amide bonds. The van der Waals surface area contributed by atoms with Crippen molar-refractivity contribution >= 4 is 0 Å². The van der Waals surface area contributed by atoms with Crippen LogP contribution in [0.2, 0.25) is 0 Å². The lowest BCUT2D eigenvalue weighted by molar-refractivity contribution is 0.0439. The van der Waals surface area contributed by atoms with Crippen molar-refractivity contribution in [1.82, 2.24) is 15.1 Å². The molecule has 1 aromatic heterocycles. The van der Waals surface area contributed by atoms with Crippen LogP contribution in [0.15, 0.2) is 34.7 Å². The summed E-state index contributed by atoms with van der Waals surface area (Å²) in [5, 5.41) is 18.0. The second kappa shape index (κ2) is 5.73. The van der Waals surface area contributed by atoms with Crippen molar-refractivity contribution in [1.29, 1.82) is 0 Å². The Balaban J connectivity index is 1.76. The van der Waals surface area contributed by atoms with E-state index in [1.807, 2.05) is 37.3 Å². The van der Waals surface area contributed by atoms with Crippen molar-refractivity contribution in [2.45, 2.75) is 31.9 Å². The van der Waals surface area contributed by atoms with E-state index in [2.05, 4.69) is 15.1 Å². The molecule has 5 heteroatoms. The van der Waals surface area contributed by atoms with Gasteiger partial charge in [0.15, 0.2) is 0 Å². The summed E-state index contributed by atoms with van der Waals surface area (Å²) in [5.41, 5.74) is 0.928. The van der Waals surface area contributed by atoms with Gasteiger partial charge in [0.05, 0.1) is 12.1 Å². The Morgan fingerprint density at radius 2 is 2.10 bits per heavy atom. The molecule has 1 fully saturated rings. The van der Waals surface area contributed by atoms with E-state index in [0.29, 0.717) is 18.3 Å². The second-order valence-electron chi connectivity index (χ2n) is 5.28. The van der Waals surface area contributed by atoms with Crippen molar-refractivity contribution in [3.8, 4) is 11.5 Å². The lowest BCUT2D eigenvalue weighted by Crippen LogP contribution is -2.39. The van der Waals surface area contributed by atoms with E-state index in [0.717, 1.165) is 24.9 Å².